The molecule has 16 heavy (non-hydrogen) atoms. The molecule has 0 fully saturated rings. The zero-order valence-electron chi connectivity index (χ0n) is 8.62. The Morgan fingerprint density at radius 3 is 2.56 bits per heavy atom. The monoisotopic (exact) mass is 276 g/mol. The summed E-state index contributed by atoms with van der Waals surface area (Å²) < 4.78 is 6.03. The Kier molecular flexibility index (Phi) is 2.71. The average Bonchev–Trinajstić information content (AvgIpc) is 2.29. The molecule has 2 N–H and O–H groups in total. The number of hydrogen-bond acceptors (Lipinski definition) is 3. The number of benzene rings is 2. The minimum atomic E-state index is 0.589. The van der Waals surface area contributed by atoms with Gasteiger partial charge < -0.3 is 10.5 Å². The van der Waals surface area contributed by atoms with Crippen molar-refractivity contribution in [3.8, 4) is 11.8 Å². The maximum Gasteiger partial charge on any atom is 0.149 e. The molecule has 0 saturated heterocycles. The first-order chi connectivity index (χ1) is 7.69. The van der Waals surface area contributed by atoms with Crippen LogP contribution >= 0.6 is 15.9 Å². The first-order valence-corrected chi connectivity index (χ1v) is 5.43. The highest BCUT2D eigenvalue weighted by Crippen LogP contribution is 2.36. The van der Waals surface area contributed by atoms with E-state index in [2.05, 4.69) is 22.0 Å². The van der Waals surface area contributed by atoms with Gasteiger partial charge in [0.15, 0.2) is 0 Å². The van der Waals surface area contributed by atoms with E-state index in [1.165, 1.54) is 0 Å². The summed E-state index contributed by atoms with van der Waals surface area (Å²) in [6.07, 6.45) is 0. The molecule has 0 spiro atoms. The van der Waals surface area contributed by atoms with E-state index in [4.69, 9.17) is 15.7 Å². The van der Waals surface area contributed by atoms with E-state index in [1.807, 2.05) is 12.1 Å². The van der Waals surface area contributed by atoms with Gasteiger partial charge in [0, 0.05) is 15.2 Å². The van der Waals surface area contributed by atoms with Crippen LogP contribution in [0.1, 0.15) is 5.56 Å². The third kappa shape index (κ3) is 1.50. The van der Waals surface area contributed by atoms with Gasteiger partial charge in [0.25, 0.3) is 0 Å². The number of nitriles is 1. The van der Waals surface area contributed by atoms with Gasteiger partial charge in [-0.05, 0) is 34.1 Å². The van der Waals surface area contributed by atoms with Crippen LogP contribution in [-0.4, -0.2) is 7.11 Å². The molecule has 0 saturated carbocycles. The van der Waals surface area contributed by atoms with E-state index in [0.29, 0.717) is 17.0 Å². The smallest absolute Gasteiger partial charge is 0.149 e. The van der Waals surface area contributed by atoms with Crippen molar-refractivity contribution in [2.45, 2.75) is 0 Å². The number of ether oxygens (including phenoxy) is 1. The molecular weight excluding hydrogens is 268 g/mol. The van der Waals surface area contributed by atoms with Crippen LogP contribution in [0.5, 0.6) is 5.75 Å². The molecule has 3 nitrogen and oxygen atoms in total. The Morgan fingerprint density at radius 2 is 1.94 bits per heavy atom. The summed E-state index contributed by atoms with van der Waals surface area (Å²) in [7, 11) is 1.58. The molecule has 2 rings (SSSR count). The second kappa shape index (κ2) is 4.03. The largest absolute Gasteiger partial charge is 0.494 e. The molecule has 4 heteroatoms. The Balaban J connectivity index is 2.89. The van der Waals surface area contributed by atoms with Gasteiger partial charge in [-0.15, -0.1) is 0 Å². The van der Waals surface area contributed by atoms with E-state index in [0.717, 1.165) is 15.2 Å². The van der Waals surface area contributed by atoms with Crippen LogP contribution in [0, 0.1) is 11.3 Å². The van der Waals surface area contributed by atoms with Crippen LogP contribution in [0.3, 0.4) is 0 Å². The summed E-state index contributed by atoms with van der Waals surface area (Å²) in [6, 6.07) is 9.35. The van der Waals surface area contributed by atoms with Crippen LogP contribution in [0.2, 0.25) is 0 Å². The van der Waals surface area contributed by atoms with Crippen LogP contribution in [0.25, 0.3) is 10.8 Å². The van der Waals surface area contributed by atoms with Crippen LogP contribution < -0.4 is 10.5 Å². The summed E-state index contributed by atoms with van der Waals surface area (Å²) >= 11 is 3.41. The van der Waals surface area contributed by atoms with Crippen molar-refractivity contribution in [3.63, 3.8) is 0 Å². The molecular formula is C12H9BrN2O. The first-order valence-electron chi connectivity index (χ1n) is 4.64. The topological polar surface area (TPSA) is 59.0 Å². The maximum atomic E-state index is 8.92. The van der Waals surface area contributed by atoms with Gasteiger partial charge in [0.05, 0.1) is 18.4 Å². The predicted molar refractivity (Wildman–Crippen MR) is 67.3 cm³/mol. The van der Waals surface area contributed by atoms with E-state index in [1.54, 1.807) is 19.2 Å². The zero-order valence-corrected chi connectivity index (χ0v) is 10.2. The van der Waals surface area contributed by atoms with Crippen LogP contribution in [0.15, 0.2) is 28.7 Å². The molecule has 0 heterocycles. The molecule has 0 aliphatic rings. The van der Waals surface area contributed by atoms with Gasteiger partial charge in [-0.2, -0.15) is 5.26 Å². The number of rotatable bonds is 1. The highest BCUT2D eigenvalue weighted by Gasteiger charge is 2.10. The Bertz CT molecular complexity index is 597. The van der Waals surface area contributed by atoms with Crippen LogP contribution in [-0.2, 0) is 0 Å². The number of fused-ring (bicyclic) bond motifs is 1. The quantitative estimate of drug-likeness (QED) is 0.815. The minimum absolute atomic E-state index is 0.589. The predicted octanol–water partition coefficient (Wildman–Crippen LogP) is 3.06. The molecule has 0 aromatic heterocycles. The molecule has 80 valence electrons. The molecule has 0 unspecified atom stereocenters. The Labute approximate surface area is 102 Å². The lowest BCUT2D eigenvalue weighted by molar-refractivity contribution is 0.422. The van der Waals surface area contributed by atoms with Crippen molar-refractivity contribution in [3.05, 3.63) is 34.3 Å². The second-order valence-corrected chi connectivity index (χ2v) is 4.12. The van der Waals surface area contributed by atoms with Gasteiger partial charge in [-0.3, -0.25) is 0 Å². The summed E-state index contributed by atoms with van der Waals surface area (Å²) in [5.41, 5.74) is 7.00. The molecule has 0 amide bonds. The highest BCUT2D eigenvalue weighted by atomic mass is 79.9. The minimum Gasteiger partial charge on any atom is -0.494 e. The number of nitrogens with zero attached hydrogens (tertiary/aromatic N) is 1. The highest BCUT2D eigenvalue weighted by molar-refractivity contribution is 9.10. The standard InChI is InChI=1S/C12H9BrN2O/c1-16-12-9-3-2-7(6-14)11(13)8(9)4-5-10(12)15/h2-5H,15H2,1H3. The lowest BCUT2D eigenvalue weighted by Gasteiger charge is -2.10. The van der Waals surface area contributed by atoms with Gasteiger partial charge in [-0.1, -0.05) is 6.07 Å². The molecule has 0 aliphatic heterocycles. The molecule has 0 atom stereocenters. The third-order valence-electron chi connectivity index (χ3n) is 2.44. The van der Waals surface area contributed by atoms with Gasteiger partial charge in [0.1, 0.15) is 11.8 Å². The summed E-state index contributed by atoms with van der Waals surface area (Å²) in [4.78, 5) is 0. The molecule has 0 bridgehead atoms. The van der Waals surface area contributed by atoms with E-state index < -0.39 is 0 Å². The van der Waals surface area contributed by atoms with E-state index in [9.17, 15) is 0 Å². The summed E-state index contributed by atoms with van der Waals surface area (Å²) in [5.74, 6) is 0.641. The van der Waals surface area contributed by atoms with Gasteiger partial charge in [-0.25, -0.2) is 0 Å². The fourth-order valence-corrected chi connectivity index (χ4v) is 2.24. The maximum absolute atomic E-state index is 8.92. The zero-order chi connectivity index (χ0) is 11.7. The number of hydrogen-bond donors (Lipinski definition) is 1. The van der Waals surface area contributed by atoms with Crippen molar-refractivity contribution >= 4 is 32.4 Å². The van der Waals surface area contributed by atoms with Crippen molar-refractivity contribution in [2.24, 2.45) is 0 Å². The van der Waals surface area contributed by atoms with Gasteiger partial charge >= 0.3 is 0 Å². The Hall–Kier alpha value is -1.73. The van der Waals surface area contributed by atoms with Crippen molar-refractivity contribution in [2.75, 3.05) is 12.8 Å². The summed E-state index contributed by atoms with van der Waals surface area (Å²) in [6.45, 7) is 0. The number of nitrogens with two attached hydrogens (primary N) is 1. The third-order valence-corrected chi connectivity index (χ3v) is 3.30. The molecule has 0 radical (unpaired) electrons. The van der Waals surface area contributed by atoms with E-state index >= 15 is 0 Å². The van der Waals surface area contributed by atoms with Crippen molar-refractivity contribution < 1.29 is 4.74 Å². The number of methoxy groups -OCH3 is 1. The fraction of sp³-hybridized carbons (Fsp3) is 0.0833. The molecule has 2 aromatic carbocycles. The average molecular weight is 277 g/mol. The molecule has 2 aromatic rings. The fourth-order valence-electron chi connectivity index (χ4n) is 1.67. The second-order valence-electron chi connectivity index (χ2n) is 3.32. The molecule has 0 aliphatic carbocycles. The Morgan fingerprint density at radius 1 is 1.25 bits per heavy atom. The van der Waals surface area contributed by atoms with Crippen molar-refractivity contribution in [1.29, 1.82) is 5.26 Å². The van der Waals surface area contributed by atoms with E-state index in [-0.39, 0.29) is 0 Å². The normalized spacial score (nSPS) is 10.1. The number of anilines is 1. The first kappa shape index (κ1) is 10.8. The number of nitrogen functional groups attached to an aromatic ring is 1. The summed E-state index contributed by atoms with van der Waals surface area (Å²) in [5, 5.41) is 10.7. The van der Waals surface area contributed by atoms with Crippen LogP contribution in [0.4, 0.5) is 5.69 Å². The number of halogens is 1. The SMILES string of the molecule is COc1c(N)ccc2c(Br)c(C#N)ccc12. The van der Waals surface area contributed by atoms with Gasteiger partial charge in [0.2, 0.25) is 0 Å². The van der Waals surface area contributed by atoms with Crippen molar-refractivity contribution in [1.82, 2.24) is 0 Å². The lowest BCUT2D eigenvalue weighted by atomic mass is 10.1. The lowest BCUT2D eigenvalue weighted by Crippen LogP contribution is -1.94.